The van der Waals surface area contributed by atoms with E-state index in [-0.39, 0.29) is 48.3 Å². The third-order valence-electron chi connectivity index (χ3n) is 14.0. The summed E-state index contributed by atoms with van der Waals surface area (Å²) in [4.78, 5) is 84.0. The molecule has 3 N–H and O–H groups in total. The van der Waals surface area contributed by atoms with Crippen LogP contribution in [0.5, 0.6) is 0 Å². The summed E-state index contributed by atoms with van der Waals surface area (Å²) in [6, 6.07) is 11.1. The van der Waals surface area contributed by atoms with Crippen LogP contribution in [0.15, 0.2) is 71.6 Å². The zero-order valence-corrected chi connectivity index (χ0v) is 42.8. The van der Waals surface area contributed by atoms with Gasteiger partial charge in [0.2, 0.25) is 17.7 Å². The maximum absolute atomic E-state index is 15.0. The van der Waals surface area contributed by atoms with Crippen molar-refractivity contribution in [1.29, 1.82) is 0 Å². The van der Waals surface area contributed by atoms with E-state index < -0.39 is 29.5 Å². The Morgan fingerprint density at radius 1 is 0.857 bits per heavy atom. The third kappa shape index (κ3) is 15.5. The quantitative estimate of drug-likeness (QED) is 0.131. The predicted octanol–water partition coefficient (Wildman–Crippen LogP) is 6.73. The minimum absolute atomic E-state index is 0. The second-order valence-electron chi connectivity index (χ2n) is 20.1. The Morgan fingerprint density at radius 2 is 1.47 bits per heavy atom. The van der Waals surface area contributed by atoms with Gasteiger partial charge >= 0.3 is 6.09 Å². The number of allylic oxidation sites excluding steroid dienone is 2. The number of carbonyl (C=O) groups is 5. The van der Waals surface area contributed by atoms with Crippen molar-refractivity contribution in [2.24, 2.45) is 17.8 Å². The second-order valence-corrected chi connectivity index (χ2v) is 20.1. The van der Waals surface area contributed by atoms with Gasteiger partial charge in [0.25, 0.3) is 11.5 Å². The number of likely N-dealkylation sites (tertiary alicyclic amines) is 2. The minimum Gasteiger partial charge on any atom is -0.444 e. The van der Waals surface area contributed by atoms with Crippen molar-refractivity contribution in [1.82, 2.24) is 40.4 Å². The number of carbonyl (C=O) groups excluding carboxylic acids is 5. The number of rotatable bonds is 12. The maximum Gasteiger partial charge on any atom is 0.408 e. The van der Waals surface area contributed by atoms with Gasteiger partial charge in [0.05, 0.1) is 23.2 Å². The fourth-order valence-electron chi connectivity index (χ4n) is 10.1. The molecule has 5 amide bonds. The Bertz CT molecular complexity index is 2370. The molecular weight excluding hydrogens is 912 g/mol. The monoisotopic (exact) mass is 987 g/mol. The van der Waals surface area contributed by atoms with Gasteiger partial charge < -0.3 is 30.1 Å². The Hall–Kier alpha value is -5.55. The Morgan fingerprint density at radius 3 is 2.09 bits per heavy atom. The van der Waals surface area contributed by atoms with Crippen LogP contribution < -0.4 is 16.2 Å². The summed E-state index contributed by atoms with van der Waals surface area (Å²) in [5.74, 6) is 0.314. The number of piperazine rings is 1. The molecule has 3 aliphatic heterocycles. The van der Waals surface area contributed by atoms with Gasteiger partial charge in [0.1, 0.15) is 17.5 Å². The van der Waals surface area contributed by atoms with Crippen molar-refractivity contribution < 1.29 is 33.1 Å². The third-order valence-corrected chi connectivity index (χ3v) is 14.0. The molecule has 4 aliphatic rings. The molecule has 1 aromatic heterocycles. The van der Waals surface area contributed by atoms with Crippen LogP contribution in [-0.2, 0) is 25.5 Å². The molecule has 2 aromatic carbocycles. The Balaban J connectivity index is 0.000000830. The number of amides is 5. The molecule has 4 heterocycles. The summed E-state index contributed by atoms with van der Waals surface area (Å²) in [6.45, 7) is 15.7. The number of hydrogen-bond donors (Lipinski definition) is 3. The topological polar surface area (TPSA) is 177 Å². The van der Waals surface area contributed by atoms with E-state index in [0.29, 0.717) is 91.7 Å². The molecule has 1 atom stereocenters. The van der Waals surface area contributed by atoms with Crippen LogP contribution in [-0.4, -0.2) is 137 Å². The first kappa shape index (κ1) is 55.4. The van der Waals surface area contributed by atoms with Crippen LogP contribution in [0.1, 0.15) is 114 Å². The summed E-state index contributed by atoms with van der Waals surface area (Å²) >= 11 is 0. The van der Waals surface area contributed by atoms with Gasteiger partial charge in [0, 0.05) is 63.7 Å². The van der Waals surface area contributed by atoms with Crippen LogP contribution in [0, 0.1) is 23.6 Å². The first-order chi connectivity index (χ1) is 33.0. The number of ether oxygens (including phenoxy) is 1. The highest BCUT2D eigenvalue weighted by molar-refractivity contribution is 7.59. The van der Waals surface area contributed by atoms with Gasteiger partial charge in [-0.1, -0.05) is 62.3 Å². The van der Waals surface area contributed by atoms with E-state index in [9.17, 15) is 28.8 Å². The lowest BCUT2D eigenvalue weighted by Crippen LogP contribution is -2.55. The number of halogens is 1. The smallest absolute Gasteiger partial charge is 0.408 e. The van der Waals surface area contributed by atoms with Crippen molar-refractivity contribution in [3.63, 3.8) is 0 Å². The molecule has 4 fully saturated rings. The molecule has 1 aliphatic carbocycles. The fraction of sp³-hybridized carbons (Fsp3) is 0.566. The summed E-state index contributed by atoms with van der Waals surface area (Å²) in [6.07, 6.45) is 13.4. The van der Waals surface area contributed by atoms with E-state index in [1.165, 1.54) is 12.5 Å². The van der Waals surface area contributed by atoms with Gasteiger partial charge in [-0.25, -0.2) is 14.3 Å². The number of fused-ring (bicyclic) bond motifs is 1. The number of aromatic amines is 1. The minimum atomic E-state index is -0.627. The molecule has 17 heteroatoms. The predicted molar refractivity (Wildman–Crippen MR) is 275 cm³/mol. The number of likely N-dealkylation sites (N-methyl/N-ethyl adjacent to an activating group) is 1. The summed E-state index contributed by atoms with van der Waals surface area (Å²) in [5.41, 5.74) is 1.09. The van der Waals surface area contributed by atoms with E-state index in [1.807, 2.05) is 42.7 Å². The number of H-pyrrole nitrogens is 1. The van der Waals surface area contributed by atoms with E-state index in [1.54, 1.807) is 55.3 Å². The highest BCUT2D eigenvalue weighted by atomic mass is 32.1. The van der Waals surface area contributed by atoms with Gasteiger partial charge in [-0.15, -0.1) is 0 Å². The lowest BCUT2D eigenvalue weighted by molar-refractivity contribution is -0.137. The van der Waals surface area contributed by atoms with Crippen molar-refractivity contribution in [2.75, 3.05) is 66.0 Å². The molecule has 0 radical (unpaired) electrons. The molecule has 0 bridgehead atoms. The molecule has 15 nitrogen and oxygen atoms in total. The number of nitrogens with zero attached hydrogens (tertiary/aromatic N) is 5. The SMILES string of the molecule is C=C/C=C(\C)C(=O)NC.CC(C)(C)OC(=O)NC(C(=O)N1CCC(CC2CCN(CC(=O)N3CCN(C(=O)c4cc(Cc5n[nH]c(=O)c6ccccc56)ccc4F)CC3)CC2)CC1)C1CCCCC1.S. The average molecular weight is 987 g/mol. The maximum atomic E-state index is 15.0. The number of benzene rings is 2. The summed E-state index contributed by atoms with van der Waals surface area (Å²) in [5, 5.41) is 13.4. The van der Waals surface area contributed by atoms with Crippen molar-refractivity contribution in [3.8, 4) is 0 Å². The second kappa shape index (κ2) is 26.1. The lowest BCUT2D eigenvalue weighted by Gasteiger charge is -2.39. The lowest BCUT2D eigenvalue weighted by atomic mass is 9.81. The average Bonchev–Trinajstić information content (AvgIpc) is 3.35. The van der Waals surface area contributed by atoms with Crippen LogP contribution in [0.25, 0.3) is 10.8 Å². The molecular formula is C53H75FN8O7S. The molecule has 70 heavy (non-hydrogen) atoms. The summed E-state index contributed by atoms with van der Waals surface area (Å²) in [7, 11) is 1.60. The van der Waals surface area contributed by atoms with Crippen LogP contribution in [0.3, 0.4) is 0 Å². The van der Waals surface area contributed by atoms with Crippen molar-refractivity contribution >= 4 is 54.0 Å². The van der Waals surface area contributed by atoms with Gasteiger partial charge in [0.15, 0.2) is 0 Å². The highest BCUT2D eigenvalue weighted by Crippen LogP contribution is 2.32. The first-order valence-electron chi connectivity index (χ1n) is 24.9. The normalized spacial score (nSPS) is 18.2. The zero-order valence-electron chi connectivity index (χ0n) is 41.8. The van der Waals surface area contributed by atoms with Gasteiger partial charge in [-0.3, -0.25) is 28.9 Å². The summed E-state index contributed by atoms with van der Waals surface area (Å²) < 4.78 is 20.6. The molecule has 1 unspecified atom stereocenters. The number of nitrogens with one attached hydrogen (secondary N) is 3. The van der Waals surface area contributed by atoms with Crippen molar-refractivity contribution in [2.45, 2.75) is 110 Å². The van der Waals surface area contributed by atoms with Crippen LogP contribution >= 0.6 is 13.5 Å². The number of hydrogen-bond acceptors (Lipinski definition) is 9. The highest BCUT2D eigenvalue weighted by Gasteiger charge is 2.37. The Kier molecular flexibility index (Phi) is 20.6. The number of piperidine rings is 2. The largest absolute Gasteiger partial charge is 0.444 e. The standard InChI is InChI=1S/C46H62FN7O6.C7H11NO.H2S/c1-46(2,3)60-45(59)48-41(34-9-5-4-6-10-34)44(58)53-21-17-32(18-22-53)27-31-15-19-51(20-16-31)30-40(55)52-23-25-54(26-24-52)43(57)37-28-33(13-14-38(37)47)29-39-35-11-7-8-12-36(35)42(56)50-49-39;1-4-5-6(2)7(9)8-3;/h7-8,11-14,28,31-32,34,41H,4-6,9-10,15-27,29-30H2,1-3H3,(H,48,59)(H,50,56);4-5H,1H2,2-3H3,(H,8,9);1H2/b;6-5+;. The van der Waals surface area contributed by atoms with E-state index in [0.717, 1.165) is 70.9 Å². The molecule has 1 saturated carbocycles. The first-order valence-corrected chi connectivity index (χ1v) is 24.9. The van der Waals surface area contributed by atoms with Gasteiger partial charge in [-0.05, 0) is 127 Å². The van der Waals surface area contributed by atoms with Gasteiger partial charge in [-0.2, -0.15) is 18.6 Å². The molecule has 0 spiro atoms. The van der Waals surface area contributed by atoms with E-state index >= 15 is 4.39 Å². The number of aromatic nitrogens is 2. The van der Waals surface area contributed by atoms with Crippen molar-refractivity contribution in [3.05, 3.63) is 99.8 Å². The molecule has 382 valence electrons. The van der Waals surface area contributed by atoms with Crippen LogP contribution in [0.2, 0.25) is 0 Å². The van der Waals surface area contributed by atoms with E-state index in [4.69, 9.17) is 4.74 Å². The molecule has 3 aromatic rings. The zero-order chi connectivity index (χ0) is 49.7. The fourth-order valence-corrected chi connectivity index (χ4v) is 10.1. The van der Waals surface area contributed by atoms with Crippen LogP contribution in [0.4, 0.5) is 9.18 Å². The molecule has 3 saturated heterocycles. The molecule has 7 rings (SSSR count). The number of alkyl carbamates (subject to hydrolysis) is 1. The Labute approximate surface area is 419 Å². The van der Waals surface area contributed by atoms with E-state index in [2.05, 4.69) is 32.3 Å².